The molecule has 1 heterocycles. The first kappa shape index (κ1) is 14.0. The van der Waals surface area contributed by atoms with Gasteiger partial charge in [0.1, 0.15) is 0 Å². The first-order valence-electron chi connectivity index (χ1n) is 5.81. The summed E-state index contributed by atoms with van der Waals surface area (Å²) in [7, 11) is 0. The van der Waals surface area contributed by atoms with E-state index in [4.69, 9.17) is 0 Å². The van der Waals surface area contributed by atoms with Crippen molar-refractivity contribution in [2.45, 2.75) is 21.5 Å². The highest BCUT2D eigenvalue weighted by Crippen LogP contribution is 2.50. The summed E-state index contributed by atoms with van der Waals surface area (Å²) in [5, 5.41) is 1.43. The van der Waals surface area contributed by atoms with Crippen molar-refractivity contribution in [1.29, 1.82) is 0 Å². The van der Waals surface area contributed by atoms with Gasteiger partial charge in [-0.1, -0.05) is 30.3 Å². The topological polar surface area (TPSA) is 0 Å². The summed E-state index contributed by atoms with van der Waals surface area (Å²) in [6.07, 6.45) is 3.47. The number of thioether (sulfide) groups is 3. The molecule has 1 saturated heterocycles. The highest BCUT2D eigenvalue weighted by atomic mass is 32.2. The molecule has 1 aromatic rings. The van der Waals surface area contributed by atoms with Gasteiger partial charge in [-0.2, -0.15) is 24.4 Å². The molecular formula is C13H18S4. The third-order valence-corrected chi connectivity index (χ3v) is 7.98. The standard InChI is InChI=1S/C13H18S4/c1-15-12(10-5-3-2-4-6-10)13-16-9-11(17-13)7-8-14/h2-6,11-14H,7-9H2,1H3. The van der Waals surface area contributed by atoms with Gasteiger partial charge in [0.2, 0.25) is 0 Å². The Kier molecular flexibility index (Phi) is 6.00. The van der Waals surface area contributed by atoms with E-state index in [2.05, 4.69) is 72.7 Å². The van der Waals surface area contributed by atoms with Crippen molar-refractivity contribution in [3.63, 3.8) is 0 Å². The number of hydrogen-bond acceptors (Lipinski definition) is 4. The largest absolute Gasteiger partial charge is 0.179 e. The number of hydrogen-bond donors (Lipinski definition) is 1. The predicted molar refractivity (Wildman–Crippen MR) is 88.8 cm³/mol. The van der Waals surface area contributed by atoms with Crippen LogP contribution in [0.3, 0.4) is 0 Å². The quantitative estimate of drug-likeness (QED) is 0.791. The van der Waals surface area contributed by atoms with Crippen LogP contribution < -0.4 is 0 Å². The normalized spacial score (nSPS) is 26.0. The van der Waals surface area contributed by atoms with Gasteiger partial charge < -0.3 is 0 Å². The van der Waals surface area contributed by atoms with Crippen molar-refractivity contribution in [2.75, 3.05) is 17.8 Å². The van der Waals surface area contributed by atoms with Gasteiger partial charge in [0.25, 0.3) is 0 Å². The maximum atomic E-state index is 4.34. The van der Waals surface area contributed by atoms with Gasteiger partial charge in [-0.3, -0.25) is 0 Å². The van der Waals surface area contributed by atoms with Gasteiger partial charge in [0.05, 0.1) is 9.83 Å². The molecule has 3 unspecified atom stereocenters. The van der Waals surface area contributed by atoms with E-state index in [0.717, 1.165) is 11.0 Å². The second-order valence-electron chi connectivity index (χ2n) is 4.04. The Balaban J connectivity index is 2.01. The molecule has 4 heteroatoms. The van der Waals surface area contributed by atoms with Crippen LogP contribution in [0.5, 0.6) is 0 Å². The average Bonchev–Trinajstić information content (AvgIpc) is 2.81. The first-order valence-corrected chi connectivity index (χ1v) is 9.72. The van der Waals surface area contributed by atoms with Gasteiger partial charge >= 0.3 is 0 Å². The predicted octanol–water partition coefficient (Wildman–Crippen LogP) is 4.59. The highest BCUT2D eigenvalue weighted by molar-refractivity contribution is 8.21. The first-order chi connectivity index (χ1) is 8.35. The minimum atomic E-state index is 0.621. The molecule has 0 saturated carbocycles. The van der Waals surface area contributed by atoms with E-state index in [1.165, 1.54) is 17.7 Å². The lowest BCUT2D eigenvalue weighted by Gasteiger charge is -2.21. The van der Waals surface area contributed by atoms with Gasteiger partial charge in [-0.15, -0.1) is 23.5 Å². The maximum Gasteiger partial charge on any atom is 0.0665 e. The van der Waals surface area contributed by atoms with Crippen molar-refractivity contribution >= 4 is 47.9 Å². The van der Waals surface area contributed by atoms with Crippen LogP contribution in [0.15, 0.2) is 30.3 Å². The zero-order valence-corrected chi connectivity index (χ0v) is 13.3. The van der Waals surface area contributed by atoms with Crippen molar-refractivity contribution in [3.05, 3.63) is 35.9 Å². The smallest absolute Gasteiger partial charge is 0.0665 e. The molecule has 1 aliphatic rings. The van der Waals surface area contributed by atoms with Crippen LogP contribution in [0.2, 0.25) is 0 Å². The molecule has 0 amide bonds. The number of rotatable bonds is 5. The van der Waals surface area contributed by atoms with E-state index in [9.17, 15) is 0 Å². The van der Waals surface area contributed by atoms with Crippen LogP contribution in [0, 0.1) is 0 Å². The third kappa shape index (κ3) is 3.79. The van der Waals surface area contributed by atoms with E-state index >= 15 is 0 Å². The van der Waals surface area contributed by atoms with E-state index in [-0.39, 0.29) is 0 Å². The molecule has 0 aliphatic carbocycles. The monoisotopic (exact) mass is 302 g/mol. The Bertz CT molecular complexity index is 327. The maximum absolute atomic E-state index is 4.34. The summed E-state index contributed by atoms with van der Waals surface area (Å²) in [4.78, 5) is 0. The van der Waals surface area contributed by atoms with Crippen LogP contribution >= 0.6 is 47.9 Å². The summed E-state index contributed by atoms with van der Waals surface area (Å²) in [6, 6.07) is 10.9. The Labute approximate surface area is 123 Å². The summed E-state index contributed by atoms with van der Waals surface area (Å²) in [5.74, 6) is 2.31. The molecule has 0 nitrogen and oxygen atoms in total. The zero-order chi connectivity index (χ0) is 12.1. The van der Waals surface area contributed by atoms with E-state index in [0.29, 0.717) is 9.83 Å². The minimum Gasteiger partial charge on any atom is -0.179 e. The van der Waals surface area contributed by atoms with Crippen LogP contribution in [0.4, 0.5) is 0 Å². The Morgan fingerprint density at radius 2 is 2.18 bits per heavy atom. The van der Waals surface area contributed by atoms with Crippen molar-refractivity contribution < 1.29 is 0 Å². The molecule has 2 rings (SSSR count). The SMILES string of the molecule is CSC(c1ccccc1)C1SCC(CCS)S1. The molecule has 1 aromatic carbocycles. The van der Waals surface area contributed by atoms with E-state index < -0.39 is 0 Å². The molecule has 1 fully saturated rings. The molecule has 0 aromatic heterocycles. The minimum absolute atomic E-state index is 0.621. The fourth-order valence-electron chi connectivity index (χ4n) is 1.97. The summed E-state index contributed by atoms with van der Waals surface area (Å²) in [5.41, 5.74) is 1.47. The Morgan fingerprint density at radius 3 is 2.82 bits per heavy atom. The van der Waals surface area contributed by atoms with Crippen LogP contribution in [-0.4, -0.2) is 27.6 Å². The molecule has 1 aliphatic heterocycles. The third-order valence-electron chi connectivity index (χ3n) is 2.85. The van der Waals surface area contributed by atoms with Crippen LogP contribution in [0.25, 0.3) is 0 Å². The second kappa shape index (κ2) is 7.27. The van der Waals surface area contributed by atoms with Gasteiger partial charge in [-0.05, 0) is 24.0 Å². The highest BCUT2D eigenvalue weighted by Gasteiger charge is 2.32. The lowest BCUT2D eigenvalue weighted by Crippen LogP contribution is -2.07. The molecular weight excluding hydrogens is 284 g/mol. The average molecular weight is 303 g/mol. The van der Waals surface area contributed by atoms with Crippen LogP contribution in [0.1, 0.15) is 17.2 Å². The molecule has 0 bridgehead atoms. The Hall–Kier alpha value is 0.620. The van der Waals surface area contributed by atoms with Crippen LogP contribution in [-0.2, 0) is 0 Å². The molecule has 17 heavy (non-hydrogen) atoms. The summed E-state index contributed by atoms with van der Waals surface area (Å²) in [6.45, 7) is 0. The number of benzene rings is 1. The van der Waals surface area contributed by atoms with Crippen molar-refractivity contribution in [1.82, 2.24) is 0 Å². The van der Waals surface area contributed by atoms with Gasteiger partial charge in [0.15, 0.2) is 0 Å². The molecule has 0 radical (unpaired) electrons. The van der Waals surface area contributed by atoms with E-state index in [1.807, 2.05) is 11.8 Å². The summed E-state index contributed by atoms with van der Waals surface area (Å²) < 4.78 is 0.706. The molecule has 94 valence electrons. The Morgan fingerprint density at radius 1 is 1.41 bits per heavy atom. The van der Waals surface area contributed by atoms with E-state index in [1.54, 1.807) is 0 Å². The van der Waals surface area contributed by atoms with Gasteiger partial charge in [0, 0.05) is 11.0 Å². The fourth-order valence-corrected chi connectivity index (χ4v) is 7.61. The molecule has 0 spiro atoms. The zero-order valence-electron chi connectivity index (χ0n) is 9.91. The second-order valence-corrected chi connectivity index (χ2v) is 8.39. The van der Waals surface area contributed by atoms with Crippen molar-refractivity contribution in [2.24, 2.45) is 0 Å². The van der Waals surface area contributed by atoms with Gasteiger partial charge in [-0.25, -0.2) is 0 Å². The van der Waals surface area contributed by atoms with Crippen molar-refractivity contribution in [3.8, 4) is 0 Å². The summed E-state index contributed by atoms with van der Waals surface area (Å²) >= 11 is 10.6. The lowest BCUT2D eigenvalue weighted by atomic mass is 10.2. The molecule has 0 N–H and O–H groups in total. The number of thiol groups is 1. The fraction of sp³-hybridized carbons (Fsp3) is 0.538. The molecule has 3 atom stereocenters. The lowest BCUT2D eigenvalue weighted by molar-refractivity contribution is 0.938.